The molecule has 0 spiro atoms. The van der Waals surface area contributed by atoms with Gasteiger partial charge in [0.15, 0.2) is 11.5 Å². The zero-order chi connectivity index (χ0) is 18.1. The lowest BCUT2D eigenvalue weighted by Crippen LogP contribution is -2.26. The minimum Gasteiger partial charge on any atom is -0.493 e. The zero-order valence-electron chi connectivity index (χ0n) is 14.6. The number of methoxy groups -OCH3 is 1. The van der Waals surface area contributed by atoms with Crippen molar-refractivity contribution >= 4 is 11.9 Å². The Labute approximate surface area is 147 Å². The molecule has 0 bridgehead atoms. The number of amides is 1. The summed E-state index contributed by atoms with van der Waals surface area (Å²) in [5.41, 5.74) is 0.810. The summed E-state index contributed by atoms with van der Waals surface area (Å²) in [7, 11) is 1.58. The van der Waals surface area contributed by atoms with Crippen molar-refractivity contribution in [3.63, 3.8) is 0 Å². The van der Waals surface area contributed by atoms with E-state index in [1.807, 2.05) is 18.2 Å². The molecular formula is C18H26N2O5. The SMILES string of the molecule is COc1cccc(CNC(=O)CCC(=O)O)c1OCCN1CCCC1. The van der Waals surface area contributed by atoms with Gasteiger partial charge in [0.1, 0.15) is 6.61 Å². The van der Waals surface area contributed by atoms with E-state index in [2.05, 4.69) is 10.2 Å². The lowest BCUT2D eigenvalue weighted by Gasteiger charge is -2.18. The second-order valence-corrected chi connectivity index (χ2v) is 6.02. The Balaban J connectivity index is 1.91. The van der Waals surface area contributed by atoms with Gasteiger partial charge in [-0.1, -0.05) is 12.1 Å². The standard InChI is InChI=1S/C18H26N2O5/c1-24-15-6-4-5-14(13-19-16(21)7-8-17(22)23)18(15)25-12-11-20-9-2-3-10-20/h4-6H,2-3,7-13H2,1H3,(H,19,21)(H,22,23). The highest BCUT2D eigenvalue weighted by molar-refractivity contribution is 5.80. The number of hydrogen-bond acceptors (Lipinski definition) is 5. The number of para-hydroxylation sites is 1. The number of likely N-dealkylation sites (tertiary alicyclic amines) is 1. The third-order valence-electron chi connectivity index (χ3n) is 4.17. The summed E-state index contributed by atoms with van der Waals surface area (Å²) in [5.74, 6) is -0.0304. The van der Waals surface area contributed by atoms with E-state index in [4.69, 9.17) is 14.6 Å². The number of rotatable bonds is 10. The Morgan fingerprint density at radius 1 is 1.24 bits per heavy atom. The molecule has 1 saturated heterocycles. The van der Waals surface area contributed by atoms with Gasteiger partial charge in [-0.3, -0.25) is 14.5 Å². The number of aliphatic carboxylic acids is 1. The predicted octanol–water partition coefficient (Wildman–Crippen LogP) is 1.65. The van der Waals surface area contributed by atoms with Crippen molar-refractivity contribution in [2.24, 2.45) is 0 Å². The molecule has 138 valence electrons. The summed E-state index contributed by atoms with van der Waals surface area (Å²) in [6, 6.07) is 5.52. The normalized spacial score (nSPS) is 14.3. The van der Waals surface area contributed by atoms with Crippen LogP contribution < -0.4 is 14.8 Å². The fourth-order valence-corrected chi connectivity index (χ4v) is 2.81. The number of nitrogens with zero attached hydrogens (tertiary/aromatic N) is 1. The fraction of sp³-hybridized carbons (Fsp3) is 0.556. The average molecular weight is 350 g/mol. The third kappa shape index (κ3) is 6.26. The van der Waals surface area contributed by atoms with Crippen LogP contribution in [0.2, 0.25) is 0 Å². The van der Waals surface area contributed by atoms with Crippen molar-refractivity contribution in [3.8, 4) is 11.5 Å². The molecule has 1 aromatic carbocycles. The van der Waals surface area contributed by atoms with Crippen molar-refractivity contribution in [2.75, 3.05) is 33.4 Å². The highest BCUT2D eigenvalue weighted by Gasteiger charge is 2.15. The van der Waals surface area contributed by atoms with E-state index in [0.29, 0.717) is 18.1 Å². The van der Waals surface area contributed by atoms with Gasteiger partial charge in [-0.05, 0) is 32.0 Å². The first-order valence-corrected chi connectivity index (χ1v) is 8.59. The molecule has 7 nitrogen and oxygen atoms in total. The molecular weight excluding hydrogens is 324 g/mol. The molecule has 1 heterocycles. The Kier molecular flexibility index (Phi) is 7.53. The average Bonchev–Trinajstić information content (AvgIpc) is 3.12. The molecule has 0 aromatic heterocycles. The van der Waals surface area contributed by atoms with Crippen molar-refractivity contribution < 1.29 is 24.2 Å². The van der Waals surface area contributed by atoms with Crippen molar-refractivity contribution in [1.29, 1.82) is 0 Å². The van der Waals surface area contributed by atoms with Gasteiger partial charge >= 0.3 is 5.97 Å². The molecule has 1 fully saturated rings. The molecule has 25 heavy (non-hydrogen) atoms. The van der Waals surface area contributed by atoms with Gasteiger partial charge in [0, 0.05) is 25.1 Å². The highest BCUT2D eigenvalue weighted by atomic mass is 16.5. The minimum absolute atomic E-state index is 0.0372. The monoisotopic (exact) mass is 350 g/mol. The van der Waals surface area contributed by atoms with Crippen LogP contribution in [-0.4, -0.2) is 55.2 Å². The first kappa shape index (κ1) is 19.1. The Hall–Kier alpha value is -2.28. The predicted molar refractivity (Wildman–Crippen MR) is 92.9 cm³/mol. The molecule has 7 heteroatoms. The Morgan fingerprint density at radius 3 is 2.68 bits per heavy atom. The molecule has 2 rings (SSSR count). The van der Waals surface area contributed by atoms with Gasteiger partial charge < -0.3 is 19.9 Å². The molecule has 0 atom stereocenters. The first-order valence-electron chi connectivity index (χ1n) is 8.59. The van der Waals surface area contributed by atoms with E-state index in [0.717, 1.165) is 25.2 Å². The third-order valence-corrected chi connectivity index (χ3v) is 4.17. The van der Waals surface area contributed by atoms with E-state index >= 15 is 0 Å². The second-order valence-electron chi connectivity index (χ2n) is 6.02. The lowest BCUT2D eigenvalue weighted by atomic mass is 10.1. The summed E-state index contributed by atoms with van der Waals surface area (Å²) < 4.78 is 11.3. The number of nitrogens with one attached hydrogen (secondary N) is 1. The van der Waals surface area contributed by atoms with E-state index < -0.39 is 5.97 Å². The highest BCUT2D eigenvalue weighted by Crippen LogP contribution is 2.31. The molecule has 1 aromatic rings. The van der Waals surface area contributed by atoms with E-state index in [1.54, 1.807) is 7.11 Å². The summed E-state index contributed by atoms with van der Waals surface area (Å²) in [6.45, 7) is 3.92. The Bertz CT molecular complexity index is 585. The quantitative estimate of drug-likeness (QED) is 0.667. The summed E-state index contributed by atoms with van der Waals surface area (Å²) in [4.78, 5) is 24.6. The van der Waals surface area contributed by atoms with Crippen LogP contribution in [0.1, 0.15) is 31.2 Å². The molecule has 0 radical (unpaired) electrons. The largest absolute Gasteiger partial charge is 0.493 e. The van der Waals surface area contributed by atoms with Gasteiger partial charge in [-0.15, -0.1) is 0 Å². The van der Waals surface area contributed by atoms with Crippen LogP contribution in [0.25, 0.3) is 0 Å². The molecule has 1 aliphatic rings. The summed E-state index contributed by atoms with van der Waals surface area (Å²) in [5, 5.41) is 11.4. The lowest BCUT2D eigenvalue weighted by molar-refractivity contribution is -0.138. The maximum absolute atomic E-state index is 11.7. The Morgan fingerprint density at radius 2 is 2.00 bits per heavy atom. The number of hydrogen-bond donors (Lipinski definition) is 2. The minimum atomic E-state index is -0.984. The van der Waals surface area contributed by atoms with Crippen molar-refractivity contribution in [3.05, 3.63) is 23.8 Å². The van der Waals surface area contributed by atoms with Gasteiger partial charge in [-0.2, -0.15) is 0 Å². The van der Waals surface area contributed by atoms with Gasteiger partial charge in [0.2, 0.25) is 5.91 Å². The van der Waals surface area contributed by atoms with Gasteiger partial charge in [-0.25, -0.2) is 0 Å². The number of ether oxygens (including phenoxy) is 2. The van der Waals surface area contributed by atoms with Crippen LogP contribution in [0.5, 0.6) is 11.5 Å². The number of benzene rings is 1. The van der Waals surface area contributed by atoms with Crippen LogP contribution in [0.3, 0.4) is 0 Å². The van der Waals surface area contributed by atoms with E-state index in [1.165, 1.54) is 12.8 Å². The number of carboxylic acid groups (broad SMARTS) is 1. The fourth-order valence-electron chi connectivity index (χ4n) is 2.81. The van der Waals surface area contributed by atoms with Gasteiger partial charge in [0.05, 0.1) is 13.5 Å². The topological polar surface area (TPSA) is 88.1 Å². The van der Waals surface area contributed by atoms with Gasteiger partial charge in [0.25, 0.3) is 0 Å². The molecule has 0 saturated carbocycles. The molecule has 0 unspecified atom stereocenters. The smallest absolute Gasteiger partial charge is 0.303 e. The number of carboxylic acids is 1. The van der Waals surface area contributed by atoms with Crippen molar-refractivity contribution in [1.82, 2.24) is 10.2 Å². The van der Waals surface area contributed by atoms with Crippen LogP contribution in [0.15, 0.2) is 18.2 Å². The molecule has 0 aliphatic carbocycles. The molecule has 1 amide bonds. The molecule has 1 aliphatic heterocycles. The molecule has 2 N–H and O–H groups in total. The van der Waals surface area contributed by atoms with Crippen LogP contribution >= 0.6 is 0 Å². The van der Waals surface area contributed by atoms with E-state index in [9.17, 15) is 9.59 Å². The zero-order valence-corrected chi connectivity index (χ0v) is 14.6. The van der Waals surface area contributed by atoms with E-state index in [-0.39, 0.29) is 25.3 Å². The summed E-state index contributed by atoms with van der Waals surface area (Å²) in [6.07, 6.45) is 2.26. The summed E-state index contributed by atoms with van der Waals surface area (Å²) >= 11 is 0. The first-order chi connectivity index (χ1) is 12.1. The number of carbonyl (C=O) groups is 2. The van der Waals surface area contributed by atoms with Crippen molar-refractivity contribution in [2.45, 2.75) is 32.2 Å². The second kappa shape index (κ2) is 9.88. The maximum atomic E-state index is 11.7. The van der Waals surface area contributed by atoms with Crippen LogP contribution in [-0.2, 0) is 16.1 Å². The maximum Gasteiger partial charge on any atom is 0.303 e. The number of carbonyl (C=O) groups excluding carboxylic acids is 1. The van der Waals surface area contributed by atoms with Crippen LogP contribution in [0.4, 0.5) is 0 Å². The van der Waals surface area contributed by atoms with Crippen LogP contribution in [0, 0.1) is 0 Å².